The molecule has 0 saturated heterocycles. The summed E-state index contributed by atoms with van der Waals surface area (Å²) in [7, 11) is 0. The fraction of sp³-hybridized carbons (Fsp3) is 0.588. The molecule has 0 saturated carbocycles. The van der Waals surface area contributed by atoms with Crippen LogP contribution < -0.4 is 4.74 Å². The Balaban J connectivity index is 2.15. The average Bonchev–Trinajstić information content (AvgIpc) is 2.43. The second-order valence-electron chi connectivity index (χ2n) is 5.19. The molecule has 20 heavy (non-hydrogen) atoms. The molecule has 0 amide bonds. The van der Waals surface area contributed by atoms with Crippen molar-refractivity contribution in [3.05, 3.63) is 29.8 Å². The van der Waals surface area contributed by atoms with Gasteiger partial charge in [-0.05, 0) is 49.8 Å². The third kappa shape index (κ3) is 6.60. The standard InChI is InChI=1S/C17H26O3/c1-4-19-17(18)11-6-5-7-12-20-16-10-8-9-15(13-16)14(2)3/h8-10,13-14H,4-7,11-12H2,1-3H3. The monoisotopic (exact) mass is 278 g/mol. The van der Waals surface area contributed by atoms with Gasteiger partial charge >= 0.3 is 5.97 Å². The lowest BCUT2D eigenvalue weighted by molar-refractivity contribution is -0.143. The van der Waals surface area contributed by atoms with Gasteiger partial charge in [-0.2, -0.15) is 0 Å². The van der Waals surface area contributed by atoms with Gasteiger partial charge in [0.25, 0.3) is 0 Å². The first-order chi connectivity index (χ1) is 9.63. The molecule has 0 aromatic heterocycles. The zero-order chi connectivity index (χ0) is 14.8. The van der Waals surface area contributed by atoms with E-state index >= 15 is 0 Å². The molecule has 0 aliphatic carbocycles. The van der Waals surface area contributed by atoms with E-state index in [1.54, 1.807) is 0 Å². The molecule has 0 radical (unpaired) electrons. The molecule has 0 aliphatic heterocycles. The summed E-state index contributed by atoms with van der Waals surface area (Å²) in [6, 6.07) is 8.25. The summed E-state index contributed by atoms with van der Waals surface area (Å²) < 4.78 is 10.6. The first-order valence-electron chi connectivity index (χ1n) is 7.52. The number of hydrogen-bond donors (Lipinski definition) is 0. The molecular weight excluding hydrogens is 252 g/mol. The lowest BCUT2D eigenvalue weighted by Gasteiger charge is -2.10. The van der Waals surface area contributed by atoms with Gasteiger partial charge in [-0.15, -0.1) is 0 Å². The SMILES string of the molecule is CCOC(=O)CCCCCOc1cccc(C(C)C)c1. The molecule has 0 unspecified atom stereocenters. The second kappa shape index (κ2) is 9.40. The van der Waals surface area contributed by atoms with Crippen molar-refractivity contribution in [1.29, 1.82) is 0 Å². The summed E-state index contributed by atoms with van der Waals surface area (Å²) in [6.45, 7) is 7.35. The second-order valence-corrected chi connectivity index (χ2v) is 5.19. The zero-order valence-electron chi connectivity index (χ0n) is 12.9. The molecule has 3 heteroatoms. The third-order valence-electron chi connectivity index (χ3n) is 3.12. The molecule has 0 heterocycles. The van der Waals surface area contributed by atoms with Crippen molar-refractivity contribution in [2.75, 3.05) is 13.2 Å². The maximum absolute atomic E-state index is 11.1. The molecule has 0 N–H and O–H groups in total. The van der Waals surface area contributed by atoms with Crippen molar-refractivity contribution < 1.29 is 14.3 Å². The first kappa shape index (κ1) is 16.5. The highest BCUT2D eigenvalue weighted by Crippen LogP contribution is 2.20. The molecule has 0 atom stereocenters. The molecule has 1 aromatic carbocycles. The molecule has 0 fully saturated rings. The summed E-state index contributed by atoms with van der Waals surface area (Å²) in [5.41, 5.74) is 1.30. The minimum atomic E-state index is -0.0990. The summed E-state index contributed by atoms with van der Waals surface area (Å²) in [5.74, 6) is 1.35. The van der Waals surface area contributed by atoms with Gasteiger partial charge in [-0.25, -0.2) is 0 Å². The summed E-state index contributed by atoms with van der Waals surface area (Å²) in [6.07, 6.45) is 3.33. The summed E-state index contributed by atoms with van der Waals surface area (Å²) in [4.78, 5) is 11.1. The van der Waals surface area contributed by atoms with Crippen LogP contribution in [-0.4, -0.2) is 19.2 Å². The van der Waals surface area contributed by atoms with Gasteiger partial charge in [0.2, 0.25) is 0 Å². The van der Waals surface area contributed by atoms with Crippen LogP contribution in [0.5, 0.6) is 5.75 Å². The summed E-state index contributed by atoms with van der Waals surface area (Å²) in [5, 5.41) is 0. The lowest BCUT2D eigenvalue weighted by atomic mass is 10.0. The lowest BCUT2D eigenvalue weighted by Crippen LogP contribution is -2.04. The Labute approximate surface area is 122 Å². The van der Waals surface area contributed by atoms with E-state index in [-0.39, 0.29) is 5.97 Å². The maximum Gasteiger partial charge on any atom is 0.305 e. The van der Waals surface area contributed by atoms with Crippen LogP contribution in [0.15, 0.2) is 24.3 Å². The first-order valence-corrected chi connectivity index (χ1v) is 7.52. The number of esters is 1. The van der Waals surface area contributed by atoms with Gasteiger partial charge < -0.3 is 9.47 Å². The zero-order valence-corrected chi connectivity index (χ0v) is 12.9. The number of unbranched alkanes of at least 4 members (excludes halogenated alkanes) is 2. The predicted octanol–water partition coefficient (Wildman–Crippen LogP) is 4.31. The van der Waals surface area contributed by atoms with Gasteiger partial charge in [0.15, 0.2) is 0 Å². The van der Waals surface area contributed by atoms with Crippen LogP contribution in [0.4, 0.5) is 0 Å². The molecule has 1 rings (SSSR count). The third-order valence-corrected chi connectivity index (χ3v) is 3.12. The smallest absolute Gasteiger partial charge is 0.305 e. The van der Waals surface area contributed by atoms with Crippen LogP contribution in [-0.2, 0) is 9.53 Å². The topological polar surface area (TPSA) is 35.5 Å². The van der Waals surface area contributed by atoms with Crippen LogP contribution in [0.2, 0.25) is 0 Å². The number of carbonyl (C=O) groups is 1. The van der Waals surface area contributed by atoms with Crippen LogP contribution in [0, 0.1) is 0 Å². The number of rotatable bonds is 9. The van der Waals surface area contributed by atoms with E-state index in [1.807, 2.05) is 19.1 Å². The highest BCUT2D eigenvalue weighted by atomic mass is 16.5. The molecule has 0 spiro atoms. The van der Waals surface area contributed by atoms with Crippen LogP contribution in [0.3, 0.4) is 0 Å². The van der Waals surface area contributed by atoms with E-state index < -0.39 is 0 Å². The Morgan fingerprint density at radius 1 is 1.20 bits per heavy atom. The van der Waals surface area contributed by atoms with E-state index in [0.29, 0.717) is 25.6 Å². The van der Waals surface area contributed by atoms with Crippen LogP contribution >= 0.6 is 0 Å². The van der Waals surface area contributed by atoms with Crippen molar-refractivity contribution in [3.63, 3.8) is 0 Å². The van der Waals surface area contributed by atoms with Gasteiger partial charge in [0.05, 0.1) is 13.2 Å². The van der Waals surface area contributed by atoms with Crippen molar-refractivity contribution in [2.45, 2.75) is 52.4 Å². The molecule has 0 bridgehead atoms. The number of ether oxygens (including phenoxy) is 2. The van der Waals surface area contributed by atoms with Crippen molar-refractivity contribution in [3.8, 4) is 5.75 Å². The minimum absolute atomic E-state index is 0.0990. The van der Waals surface area contributed by atoms with E-state index in [4.69, 9.17) is 9.47 Å². The molecule has 0 aliphatic rings. The highest BCUT2D eigenvalue weighted by molar-refractivity contribution is 5.69. The molecule has 1 aromatic rings. The molecule has 3 nitrogen and oxygen atoms in total. The van der Waals surface area contributed by atoms with Crippen LogP contribution in [0.25, 0.3) is 0 Å². The van der Waals surface area contributed by atoms with E-state index in [9.17, 15) is 4.79 Å². The predicted molar refractivity (Wildman–Crippen MR) is 81.1 cm³/mol. The highest BCUT2D eigenvalue weighted by Gasteiger charge is 2.02. The normalized spacial score (nSPS) is 10.6. The Kier molecular flexibility index (Phi) is 7.78. The Bertz CT molecular complexity index is 399. The van der Waals surface area contributed by atoms with Gasteiger partial charge in [-0.3, -0.25) is 4.79 Å². The number of benzene rings is 1. The largest absolute Gasteiger partial charge is 0.494 e. The summed E-state index contributed by atoms with van der Waals surface area (Å²) >= 11 is 0. The van der Waals surface area contributed by atoms with E-state index in [0.717, 1.165) is 25.0 Å². The van der Waals surface area contributed by atoms with Gasteiger partial charge in [0.1, 0.15) is 5.75 Å². The fourth-order valence-electron chi connectivity index (χ4n) is 1.93. The van der Waals surface area contributed by atoms with E-state index in [2.05, 4.69) is 26.0 Å². The average molecular weight is 278 g/mol. The number of carbonyl (C=O) groups excluding carboxylic acids is 1. The minimum Gasteiger partial charge on any atom is -0.494 e. The van der Waals surface area contributed by atoms with E-state index in [1.165, 1.54) is 5.56 Å². The molecular formula is C17H26O3. The van der Waals surface area contributed by atoms with Crippen LogP contribution in [0.1, 0.15) is 57.9 Å². The van der Waals surface area contributed by atoms with Crippen molar-refractivity contribution in [1.82, 2.24) is 0 Å². The van der Waals surface area contributed by atoms with Crippen molar-refractivity contribution >= 4 is 5.97 Å². The Morgan fingerprint density at radius 3 is 2.70 bits per heavy atom. The van der Waals surface area contributed by atoms with Gasteiger partial charge in [-0.1, -0.05) is 26.0 Å². The quantitative estimate of drug-likeness (QED) is 0.498. The number of hydrogen-bond acceptors (Lipinski definition) is 3. The Hall–Kier alpha value is -1.51. The van der Waals surface area contributed by atoms with Crippen molar-refractivity contribution in [2.24, 2.45) is 0 Å². The fourth-order valence-corrected chi connectivity index (χ4v) is 1.93. The Morgan fingerprint density at radius 2 is 2.00 bits per heavy atom. The maximum atomic E-state index is 11.1. The van der Waals surface area contributed by atoms with Gasteiger partial charge in [0, 0.05) is 6.42 Å². The molecule has 112 valence electrons.